The van der Waals surface area contributed by atoms with E-state index in [4.69, 9.17) is 5.11 Å². The minimum Gasteiger partial charge on any atom is -0.481 e. The van der Waals surface area contributed by atoms with Gasteiger partial charge in [0.2, 0.25) is 0 Å². The molecule has 0 bridgehead atoms. The van der Waals surface area contributed by atoms with E-state index in [1.54, 1.807) is 0 Å². The molecule has 4 nitrogen and oxygen atoms in total. The van der Waals surface area contributed by atoms with Crippen LogP contribution in [0.5, 0.6) is 0 Å². The Morgan fingerprint density at radius 3 is 2.81 bits per heavy atom. The van der Waals surface area contributed by atoms with Crippen molar-refractivity contribution in [1.29, 1.82) is 0 Å². The van der Waals surface area contributed by atoms with Gasteiger partial charge in [0.05, 0.1) is 0 Å². The number of carboxylic acid groups (broad SMARTS) is 1. The minimum atomic E-state index is -0.682. The average Bonchev–Trinajstić information content (AvgIpc) is 2.59. The summed E-state index contributed by atoms with van der Waals surface area (Å²) in [6.07, 6.45) is 4.70. The molecule has 1 saturated heterocycles. The van der Waals surface area contributed by atoms with E-state index in [0.29, 0.717) is 12.5 Å². The molecular weight excluding hydrogens is 204 g/mol. The van der Waals surface area contributed by atoms with E-state index in [2.05, 4.69) is 23.9 Å². The minimum absolute atomic E-state index is 0.303. The van der Waals surface area contributed by atoms with Crippen molar-refractivity contribution in [3.05, 3.63) is 0 Å². The first-order valence-electron chi connectivity index (χ1n) is 6.20. The van der Waals surface area contributed by atoms with Crippen LogP contribution in [-0.4, -0.2) is 60.6 Å². The Kier molecular flexibility index (Phi) is 5.77. The molecule has 1 atom stereocenters. The van der Waals surface area contributed by atoms with Crippen molar-refractivity contribution in [2.75, 3.05) is 33.7 Å². The zero-order valence-corrected chi connectivity index (χ0v) is 10.5. The van der Waals surface area contributed by atoms with Crippen LogP contribution < -0.4 is 0 Å². The molecule has 1 heterocycles. The third-order valence-electron chi connectivity index (χ3n) is 3.37. The number of likely N-dealkylation sites (tertiary alicyclic amines) is 1. The topological polar surface area (TPSA) is 43.8 Å². The van der Waals surface area contributed by atoms with Crippen LogP contribution in [0.3, 0.4) is 0 Å². The van der Waals surface area contributed by atoms with Gasteiger partial charge < -0.3 is 14.9 Å². The maximum atomic E-state index is 10.3. The molecule has 16 heavy (non-hydrogen) atoms. The SMILES string of the molecule is CN(CCCCC(=O)O)CC1CCCN1C. The number of unbranched alkanes of at least 4 members (excludes halogenated alkanes) is 1. The zero-order chi connectivity index (χ0) is 12.0. The molecule has 0 spiro atoms. The predicted octanol–water partition coefficient (Wildman–Crippen LogP) is 1.27. The van der Waals surface area contributed by atoms with E-state index in [1.165, 1.54) is 19.4 Å². The molecule has 1 unspecified atom stereocenters. The fraction of sp³-hybridized carbons (Fsp3) is 0.917. The van der Waals surface area contributed by atoms with Gasteiger partial charge in [0.15, 0.2) is 0 Å². The molecule has 1 fully saturated rings. The second kappa shape index (κ2) is 6.86. The summed E-state index contributed by atoms with van der Waals surface area (Å²) in [4.78, 5) is 15.1. The lowest BCUT2D eigenvalue weighted by Gasteiger charge is -2.25. The van der Waals surface area contributed by atoms with Gasteiger partial charge in [-0.25, -0.2) is 0 Å². The van der Waals surface area contributed by atoms with Crippen molar-refractivity contribution < 1.29 is 9.90 Å². The van der Waals surface area contributed by atoms with Gasteiger partial charge in [-0.05, 0) is 52.9 Å². The predicted molar refractivity (Wildman–Crippen MR) is 64.6 cm³/mol. The van der Waals surface area contributed by atoms with Crippen LogP contribution in [0, 0.1) is 0 Å². The Morgan fingerprint density at radius 1 is 1.50 bits per heavy atom. The van der Waals surface area contributed by atoms with E-state index < -0.39 is 5.97 Å². The first-order chi connectivity index (χ1) is 7.59. The normalized spacial score (nSPS) is 21.8. The molecule has 1 rings (SSSR count). The van der Waals surface area contributed by atoms with Crippen molar-refractivity contribution >= 4 is 5.97 Å². The molecule has 4 heteroatoms. The van der Waals surface area contributed by atoms with E-state index in [-0.39, 0.29) is 0 Å². The lowest BCUT2D eigenvalue weighted by Crippen LogP contribution is -2.37. The molecule has 0 saturated carbocycles. The monoisotopic (exact) mass is 228 g/mol. The number of hydrogen-bond donors (Lipinski definition) is 1. The van der Waals surface area contributed by atoms with Crippen molar-refractivity contribution in [2.24, 2.45) is 0 Å². The highest BCUT2D eigenvalue weighted by molar-refractivity contribution is 5.66. The van der Waals surface area contributed by atoms with Gasteiger partial charge in [0, 0.05) is 19.0 Å². The number of carboxylic acids is 1. The van der Waals surface area contributed by atoms with Crippen molar-refractivity contribution in [3.8, 4) is 0 Å². The number of nitrogens with zero attached hydrogens (tertiary/aromatic N) is 2. The van der Waals surface area contributed by atoms with Crippen LogP contribution in [0.15, 0.2) is 0 Å². The Morgan fingerprint density at radius 2 is 2.25 bits per heavy atom. The molecule has 1 N–H and O–H groups in total. The largest absolute Gasteiger partial charge is 0.481 e. The zero-order valence-electron chi connectivity index (χ0n) is 10.5. The quantitative estimate of drug-likeness (QED) is 0.666. The number of hydrogen-bond acceptors (Lipinski definition) is 3. The van der Waals surface area contributed by atoms with Gasteiger partial charge in [0.25, 0.3) is 0 Å². The summed E-state index contributed by atoms with van der Waals surface area (Å²) in [5.74, 6) is -0.682. The van der Waals surface area contributed by atoms with Crippen LogP contribution >= 0.6 is 0 Å². The van der Waals surface area contributed by atoms with Crippen LogP contribution in [-0.2, 0) is 4.79 Å². The fourth-order valence-electron chi connectivity index (χ4n) is 2.32. The van der Waals surface area contributed by atoms with E-state index in [0.717, 1.165) is 25.9 Å². The summed E-state index contributed by atoms with van der Waals surface area (Å²) in [5, 5.41) is 8.52. The molecule has 0 aromatic carbocycles. The van der Waals surface area contributed by atoms with Crippen LogP contribution in [0.2, 0.25) is 0 Å². The van der Waals surface area contributed by atoms with Crippen molar-refractivity contribution in [3.63, 3.8) is 0 Å². The van der Waals surface area contributed by atoms with Crippen LogP contribution in [0.4, 0.5) is 0 Å². The molecule has 0 aromatic heterocycles. The first kappa shape index (κ1) is 13.5. The molecular formula is C12H24N2O2. The maximum Gasteiger partial charge on any atom is 0.303 e. The van der Waals surface area contributed by atoms with Gasteiger partial charge in [0.1, 0.15) is 0 Å². The Balaban J connectivity index is 2.06. The molecule has 94 valence electrons. The third kappa shape index (κ3) is 4.94. The molecule has 0 amide bonds. The Labute approximate surface area is 98.2 Å². The van der Waals surface area contributed by atoms with E-state index in [1.807, 2.05) is 0 Å². The summed E-state index contributed by atoms with van der Waals surface area (Å²) >= 11 is 0. The first-order valence-corrected chi connectivity index (χ1v) is 6.20. The lowest BCUT2D eigenvalue weighted by atomic mass is 10.2. The average molecular weight is 228 g/mol. The summed E-state index contributed by atoms with van der Waals surface area (Å²) in [6.45, 7) is 3.35. The maximum absolute atomic E-state index is 10.3. The summed E-state index contributed by atoms with van der Waals surface area (Å²) in [7, 11) is 4.32. The second-order valence-corrected chi connectivity index (χ2v) is 4.89. The summed E-state index contributed by atoms with van der Waals surface area (Å²) < 4.78 is 0. The number of aliphatic carboxylic acids is 1. The van der Waals surface area contributed by atoms with E-state index in [9.17, 15) is 4.79 Å². The number of carbonyl (C=O) groups is 1. The highest BCUT2D eigenvalue weighted by atomic mass is 16.4. The van der Waals surface area contributed by atoms with E-state index >= 15 is 0 Å². The van der Waals surface area contributed by atoms with Crippen molar-refractivity contribution in [2.45, 2.75) is 38.1 Å². The fourth-order valence-corrected chi connectivity index (χ4v) is 2.32. The lowest BCUT2D eigenvalue weighted by molar-refractivity contribution is -0.137. The third-order valence-corrected chi connectivity index (χ3v) is 3.37. The highest BCUT2D eigenvalue weighted by Gasteiger charge is 2.21. The van der Waals surface area contributed by atoms with Crippen molar-refractivity contribution in [1.82, 2.24) is 9.80 Å². The molecule has 1 aliphatic heterocycles. The molecule has 0 aliphatic carbocycles. The van der Waals surface area contributed by atoms with Gasteiger partial charge in [-0.2, -0.15) is 0 Å². The summed E-state index contributed by atoms with van der Waals surface area (Å²) in [6, 6.07) is 0.699. The molecule has 0 aromatic rings. The van der Waals surface area contributed by atoms with Gasteiger partial charge in [-0.1, -0.05) is 0 Å². The molecule has 1 aliphatic rings. The van der Waals surface area contributed by atoms with Crippen LogP contribution in [0.25, 0.3) is 0 Å². The van der Waals surface area contributed by atoms with Gasteiger partial charge in [-0.15, -0.1) is 0 Å². The highest BCUT2D eigenvalue weighted by Crippen LogP contribution is 2.15. The number of rotatable bonds is 7. The summed E-state index contributed by atoms with van der Waals surface area (Å²) in [5.41, 5.74) is 0. The van der Waals surface area contributed by atoms with Crippen LogP contribution in [0.1, 0.15) is 32.1 Å². The standard InChI is InChI=1S/C12H24N2O2/c1-13(8-4-3-7-12(15)16)10-11-6-5-9-14(11)2/h11H,3-10H2,1-2H3,(H,15,16). The van der Waals surface area contributed by atoms with Gasteiger partial charge in [-0.3, -0.25) is 4.79 Å². The second-order valence-electron chi connectivity index (χ2n) is 4.89. The smallest absolute Gasteiger partial charge is 0.303 e. The Hall–Kier alpha value is -0.610. The van der Waals surface area contributed by atoms with Gasteiger partial charge >= 0.3 is 5.97 Å². The Bertz CT molecular complexity index is 221. The number of likely N-dealkylation sites (N-methyl/N-ethyl adjacent to an activating group) is 2. The molecule has 0 radical (unpaired) electrons.